The van der Waals surface area contributed by atoms with Crippen molar-refractivity contribution in [1.29, 1.82) is 5.26 Å². The van der Waals surface area contributed by atoms with Crippen LogP contribution in [0.2, 0.25) is 0 Å². The summed E-state index contributed by atoms with van der Waals surface area (Å²) in [4.78, 5) is 15.7. The van der Waals surface area contributed by atoms with Crippen molar-refractivity contribution in [2.24, 2.45) is 5.92 Å². The minimum absolute atomic E-state index is 0.0396. The number of carbonyl (C=O) groups is 1. The fourth-order valence-corrected chi connectivity index (χ4v) is 4.74. The van der Waals surface area contributed by atoms with Crippen LogP contribution in [0.4, 0.5) is 5.00 Å². The smallest absolute Gasteiger partial charge is 0.239 e. The van der Waals surface area contributed by atoms with Gasteiger partial charge in [0.2, 0.25) is 5.91 Å². The van der Waals surface area contributed by atoms with Gasteiger partial charge < -0.3 is 10.1 Å². The molecule has 2 heterocycles. The summed E-state index contributed by atoms with van der Waals surface area (Å²) in [6, 6.07) is 2.30. The first kappa shape index (κ1) is 16.4. The molecule has 0 spiro atoms. The molecule has 1 amide bonds. The molecule has 0 saturated carbocycles. The van der Waals surface area contributed by atoms with Crippen molar-refractivity contribution in [3.05, 3.63) is 16.0 Å². The lowest BCUT2D eigenvalue weighted by Crippen LogP contribution is -2.44. The van der Waals surface area contributed by atoms with Gasteiger partial charge in [0, 0.05) is 18.0 Å². The van der Waals surface area contributed by atoms with E-state index in [0.717, 1.165) is 42.9 Å². The second kappa shape index (κ2) is 7.00. The Morgan fingerprint density at radius 1 is 1.52 bits per heavy atom. The fourth-order valence-electron chi connectivity index (χ4n) is 3.36. The molecule has 1 N–H and O–H groups in total. The van der Waals surface area contributed by atoms with E-state index < -0.39 is 0 Å². The Balaban J connectivity index is 1.68. The zero-order valence-corrected chi connectivity index (χ0v) is 14.5. The number of nitrogens with zero attached hydrogens (tertiary/aromatic N) is 2. The highest BCUT2D eigenvalue weighted by molar-refractivity contribution is 7.16. The summed E-state index contributed by atoms with van der Waals surface area (Å²) < 4.78 is 5.50. The predicted octanol–water partition coefficient (Wildman–Crippen LogP) is 2.40. The molecular weight excluding hydrogens is 310 g/mol. The van der Waals surface area contributed by atoms with E-state index in [1.807, 2.05) is 6.92 Å². The highest BCUT2D eigenvalue weighted by atomic mass is 32.1. The van der Waals surface area contributed by atoms with Crippen LogP contribution >= 0.6 is 11.3 Å². The maximum absolute atomic E-state index is 12.3. The van der Waals surface area contributed by atoms with Crippen molar-refractivity contribution in [3.8, 4) is 6.07 Å². The topological polar surface area (TPSA) is 65.4 Å². The third-order valence-corrected chi connectivity index (χ3v) is 5.74. The molecule has 124 valence electrons. The van der Waals surface area contributed by atoms with Gasteiger partial charge in [-0.1, -0.05) is 6.92 Å². The van der Waals surface area contributed by atoms with Crippen molar-refractivity contribution in [3.63, 3.8) is 0 Å². The van der Waals surface area contributed by atoms with Crippen molar-refractivity contribution < 1.29 is 9.53 Å². The van der Waals surface area contributed by atoms with Gasteiger partial charge in [-0.3, -0.25) is 9.69 Å². The zero-order valence-electron chi connectivity index (χ0n) is 13.7. The van der Waals surface area contributed by atoms with Crippen LogP contribution in [0.1, 0.15) is 36.3 Å². The maximum atomic E-state index is 12.3. The van der Waals surface area contributed by atoms with E-state index in [1.165, 1.54) is 4.88 Å². The van der Waals surface area contributed by atoms with E-state index in [1.54, 1.807) is 11.3 Å². The van der Waals surface area contributed by atoms with E-state index in [-0.39, 0.29) is 12.0 Å². The van der Waals surface area contributed by atoms with Crippen molar-refractivity contribution in [2.75, 3.05) is 31.6 Å². The number of thiophene rings is 1. The highest BCUT2D eigenvalue weighted by Crippen LogP contribution is 2.39. The van der Waals surface area contributed by atoms with Gasteiger partial charge in [-0.2, -0.15) is 5.26 Å². The fraction of sp³-hybridized carbons (Fsp3) is 0.647. The van der Waals surface area contributed by atoms with Crippen LogP contribution in [0.5, 0.6) is 0 Å². The summed E-state index contributed by atoms with van der Waals surface area (Å²) in [5.74, 6) is 0.619. The monoisotopic (exact) mass is 333 g/mol. The number of nitriles is 1. The molecule has 2 atom stereocenters. The first-order valence-electron chi connectivity index (χ1n) is 8.25. The average molecular weight is 333 g/mol. The predicted molar refractivity (Wildman–Crippen MR) is 90.7 cm³/mol. The molecule has 0 radical (unpaired) electrons. The lowest BCUT2D eigenvalue weighted by atomic mass is 9.89. The van der Waals surface area contributed by atoms with Gasteiger partial charge in [0.1, 0.15) is 11.1 Å². The minimum Gasteiger partial charge on any atom is -0.376 e. The molecule has 23 heavy (non-hydrogen) atoms. The van der Waals surface area contributed by atoms with Gasteiger partial charge in [-0.05, 0) is 37.7 Å². The Kier molecular flexibility index (Phi) is 5.00. The number of amides is 1. The first-order chi connectivity index (χ1) is 11.1. The van der Waals surface area contributed by atoms with Crippen LogP contribution in [0.15, 0.2) is 0 Å². The number of hydrogen-bond acceptors (Lipinski definition) is 5. The summed E-state index contributed by atoms with van der Waals surface area (Å²) >= 11 is 1.58. The van der Waals surface area contributed by atoms with Crippen LogP contribution in [0.3, 0.4) is 0 Å². The normalized spacial score (nSPS) is 24.7. The summed E-state index contributed by atoms with van der Waals surface area (Å²) in [5.41, 5.74) is 1.84. The molecule has 1 aromatic rings. The van der Waals surface area contributed by atoms with Gasteiger partial charge >= 0.3 is 0 Å². The quantitative estimate of drug-likeness (QED) is 0.922. The number of fused-ring (bicyclic) bond motifs is 1. The number of morpholine rings is 1. The standard InChI is InChI=1S/C17H23N3O2S/c1-11-3-4-13-14(8-18)17(23-15(13)7-11)19-16(21)10-20-5-6-22-12(2)9-20/h11-12H,3-7,9-10H2,1-2H3,(H,19,21)/t11-,12-/m0/s1. The molecule has 1 saturated heterocycles. The number of rotatable bonds is 3. The highest BCUT2D eigenvalue weighted by Gasteiger charge is 2.25. The molecule has 3 rings (SSSR count). The lowest BCUT2D eigenvalue weighted by molar-refractivity contribution is -0.119. The number of anilines is 1. The molecular formula is C17H23N3O2S. The second-order valence-electron chi connectivity index (χ2n) is 6.63. The molecule has 0 unspecified atom stereocenters. The van der Waals surface area contributed by atoms with Gasteiger partial charge in [-0.25, -0.2) is 0 Å². The third kappa shape index (κ3) is 3.74. The van der Waals surface area contributed by atoms with Crippen LogP contribution in [0.25, 0.3) is 0 Å². The molecule has 0 aromatic carbocycles. The van der Waals surface area contributed by atoms with Crippen LogP contribution in [-0.2, 0) is 22.4 Å². The Labute approximate surface area is 141 Å². The molecule has 5 nitrogen and oxygen atoms in total. The van der Waals surface area contributed by atoms with E-state index in [0.29, 0.717) is 24.6 Å². The van der Waals surface area contributed by atoms with Gasteiger partial charge in [-0.15, -0.1) is 11.3 Å². The number of carbonyl (C=O) groups excluding carboxylic acids is 1. The Bertz CT molecular complexity index is 635. The molecule has 1 aliphatic heterocycles. The number of nitrogens with one attached hydrogen (secondary N) is 1. The van der Waals surface area contributed by atoms with Crippen LogP contribution in [0, 0.1) is 17.2 Å². The lowest BCUT2D eigenvalue weighted by Gasteiger charge is -2.30. The zero-order chi connectivity index (χ0) is 16.4. The summed E-state index contributed by atoms with van der Waals surface area (Å²) in [7, 11) is 0. The maximum Gasteiger partial charge on any atom is 0.239 e. The van der Waals surface area contributed by atoms with Crippen molar-refractivity contribution in [1.82, 2.24) is 4.90 Å². The summed E-state index contributed by atoms with van der Waals surface area (Å²) in [6.45, 7) is 6.85. The van der Waals surface area contributed by atoms with E-state index in [2.05, 4.69) is 23.2 Å². The van der Waals surface area contributed by atoms with E-state index in [9.17, 15) is 10.1 Å². The van der Waals surface area contributed by atoms with Gasteiger partial charge in [0.15, 0.2) is 0 Å². The number of ether oxygens (including phenoxy) is 1. The van der Waals surface area contributed by atoms with Crippen LogP contribution < -0.4 is 5.32 Å². The third-order valence-electron chi connectivity index (χ3n) is 4.57. The molecule has 0 bridgehead atoms. The molecule has 1 aliphatic carbocycles. The van der Waals surface area contributed by atoms with Crippen molar-refractivity contribution in [2.45, 2.75) is 39.2 Å². The van der Waals surface area contributed by atoms with E-state index in [4.69, 9.17) is 4.74 Å². The van der Waals surface area contributed by atoms with Gasteiger partial charge in [0.05, 0.1) is 24.8 Å². The number of hydrogen-bond donors (Lipinski definition) is 1. The Morgan fingerprint density at radius 2 is 2.35 bits per heavy atom. The van der Waals surface area contributed by atoms with Gasteiger partial charge in [0.25, 0.3) is 0 Å². The van der Waals surface area contributed by atoms with Crippen molar-refractivity contribution >= 4 is 22.2 Å². The summed E-state index contributed by atoms with van der Waals surface area (Å²) in [5, 5.41) is 13.2. The Hall–Kier alpha value is -1.42. The first-order valence-corrected chi connectivity index (χ1v) is 9.07. The van der Waals surface area contributed by atoms with E-state index >= 15 is 0 Å². The van der Waals surface area contributed by atoms with Crippen LogP contribution in [-0.4, -0.2) is 43.2 Å². The molecule has 2 aliphatic rings. The molecule has 1 fully saturated rings. The second-order valence-corrected chi connectivity index (χ2v) is 7.74. The Morgan fingerprint density at radius 3 is 3.09 bits per heavy atom. The SMILES string of the molecule is C[C@H]1CCc2c(sc(NC(=O)CN3CCO[C@@H](C)C3)c2C#N)C1. The summed E-state index contributed by atoms with van der Waals surface area (Å²) in [6.07, 6.45) is 3.26. The average Bonchev–Trinajstić information content (AvgIpc) is 2.82. The minimum atomic E-state index is -0.0396. The molecule has 6 heteroatoms. The molecule has 1 aromatic heterocycles. The largest absolute Gasteiger partial charge is 0.376 e.